The number of nitrogens with zero attached hydrogens (tertiary/aromatic N) is 2. The SMILES string of the molecule is CCc1c(-c2ccnc(C)c2)nc[nH]c1=O. The monoisotopic (exact) mass is 215 g/mol. The van der Waals surface area contributed by atoms with Crippen LogP contribution in [0.5, 0.6) is 0 Å². The zero-order chi connectivity index (χ0) is 11.5. The van der Waals surface area contributed by atoms with Gasteiger partial charge in [0.2, 0.25) is 0 Å². The average Bonchev–Trinajstić information content (AvgIpc) is 2.28. The molecule has 0 saturated heterocycles. The molecule has 0 aliphatic rings. The lowest BCUT2D eigenvalue weighted by atomic mass is 10.1. The van der Waals surface area contributed by atoms with E-state index in [1.165, 1.54) is 6.33 Å². The van der Waals surface area contributed by atoms with Gasteiger partial charge in [0.05, 0.1) is 12.0 Å². The molecule has 0 aromatic carbocycles. The Bertz CT molecular complexity index is 560. The standard InChI is InChI=1S/C12H13N3O/c1-3-10-11(14-7-15-12(10)16)9-4-5-13-8(2)6-9/h4-7H,3H2,1-2H3,(H,14,15,16). The number of hydrogen-bond acceptors (Lipinski definition) is 3. The number of aromatic nitrogens is 3. The molecule has 4 nitrogen and oxygen atoms in total. The van der Waals surface area contributed by atoms with E-state index < -0.39 is 0 Å². The Morgan fingerprint density at radius 2 is 2.19 bits per heavy atom. The van der Waals surface area contributed by atoms with Gasteiger partial charge in [-0.25, -0.2) is 4.98 Å². The van der Waals surface area contributed by atoms with Crippen LogP contribution in [-0.4, -0.2) is 15.0 Å². The molecule has 0 amide bonds. The molecule has 16 heavy (non-hydrogen) atoms. The zero-order valence-corrected chi connectivity index (χ0v) is 9.32. The molecule has 0 saturated carbocycles. The normalized spacial score (nSPS) is 10.4. The van der Waals surface area contributed by atoms with Gasteiger partial charge >= 0.3 is 0 Å². The molecule has 0 fully saturated rings. The van der Waals surface area contributed by atoms with Crippen LogP contribution in [-0.2, 0) is 6.42 Å². The summed E-state index contributed by atoms with van der Waals surface area (Å²) in [5.41, 5.74) is 3.25. The Balaban J connectivity index is 2.64. The van der Waals surface area contributed by atoms with Crippen LogP contribution >= 0.6 is 0 Å². The first-order valence-electron chi connectivity index (χ1n) is 5.22. The quantitative estimate of drug-likeness (QED) is 0.829. The molecule has 4 heteroatoms. The second-order valence-electron chi connectivity index (χ2n) is 3.60. The van der Waals surface area contributed by atoms with Crippen molar-refractivity contribution in [3.05, 3.63) is 46.3 Å². The Morgan fingerprint density at radius 3 is 2.88 bits per heavy atom. The first kappa shape index (κ1) is 10.5. The van der Waals surface area contributed by atoms with E-state index in [-0.39, 0.29) is 5.56 Å². The number of aromatic amines is 1. The Labute approximate surface area is 93.4 Å². The van der Waals surface area contributed by atoms with Crippen molar-refractivity contribution in [3.63, 3.8) is 0 Å². The zero-order valence-electron chi connectivity index (χ0n) is 9.32. The van der Waals surface area contributed by atoms with E-state index in [0.29, 0.717) is 12.0 Å². The molecule has 0 aliphatic heterocycles. The molecular formula is C12H13N3O. The van der Waals surface area contributed by atoms with Gasteiger partial charge in [0.15, 0.2) is 0 Å². The smallest absolute Gasteiger partial charge is 0.254 e. The fraction of sp³-hybridized carbons (Fsp3) is 0.250. The number of aryl methyl sites for hydroxylation is 1. The lowest BCUT2D eigenvalue weighted by Crippen LogP contribution is -2.14. The predicted octanol–water partition coefficient (Wildman–Crippen LogP) is 1.70. The summed E-state index contributed by atoms with van der Waals surface area (Å²) in [5.74, 6) is 0. The molecule has 2 aromatic heterocycles. The van der Waals surface area contributed by atoms with Crippen molar-refractivity contribution in [2.75, 3.05) is 0 Å². The van der Waals surface area contributed by atoms with Crippen molar-refractivity contribution in [1.82, 2.24) is 15.0 Å². The van der Waals surface area contributed by atoms with E-state index >= 15 is 0 Å². The van der Waals surface area contributed by atoms with Gasteiger partial charge < -0.3 is 4.98 Å². The van der Waals surface area contributed by atoms with E-state index in [4.69, 9.17) is 0 Å². The number of nitrogens with one attached hydrogen (secondary N) is 1. The van der Waals surface area contributed by atoms with Crippen LogP contribution in [0.4, 0.5) is 0 Å². The Morgan fingerprint density at radius 1 is 1.38 bits per heavy atom. The van der Waals surface area contributed by atoms with Gasteiger partial charge in [-0.05, 0) is 25.5 Å². The van der Waals surface area contributed by atoms with E-state index in [2.05, 4.69) is 15.0 Å². The number of pyridine rings is 1. The summed E-state index contributed by atoms with van der Waals surface area (Å²) in [4.78, 5) is 22.6. The Hall–Kier alpha value is -1.97. The van der Waals surface area contributed by atoms with Gasteiger partial charge in [-0.15, -0.1) is 0 Å². The highest BCUT2D eigenvalue weighted by Gasteiger charge is 2.08. The van der Waals surface area contributed by atoms with Crippen molar-refractivity contribution >= 4 is 0 Å². The highest BCUT2D eigenvalue weighted by atomic mass is 16.1. The van der Waals surface area contributed by atoms with Crippen LogP contribution in [0.3, 0.4) is 0 Å². The molecular weight excluding hydrogens is 202 g/mol. The minimum Gasteiger partial charge on any atom is -0.313 e. The molecule has 2 aromatic rings. The minimum atomic E-state index is -0.0676. The summed E-state index contributed by atoms with van der Waals surface area (Å²) >= 11 is 0. The number of H-pyrrole nitrogens is 1. The van der Waals surface area contributed by atoms with Crippen LogP contribution < -0.4 is 5.56 Å². The van der Waals surface area contributed by atoms with Crippen molar-refractivity contribution in [2.24, 2.45) is 0 Å². The molecule has 2 heterocycles. The highest BCUT2D eigenvalue weighted by molar-refractivity contribution is 5.62. The molecule has 0 unspecified atom stereocenters. The van der Waals surface area contributed by atoms with Crippen LogP contribution in [0.25, 0.3) is 11.3 Å². The van der Waals surface area contributed by atoms with Crippen molar-refractivity contribution in [1.29, 1.82) is 0 Å². The number of hydrogen-bond donors (Lipinski definition) is 1. The first-order valence-corrected chi connectivity index (χ1v) is 5.22. The van der Waals surface area contributed by atoms with Crippen LogP contribution in [0.15, 0.2) is 29.5 Å². The maximum atomic E-state index is 11.6. The lowest BCUT2D eigenvalue weighted by molar-refractivity contribution is 1.01. The molecule has 2 rings (SSSR count). The fourth-order valence-electron chi connectivity index (χ4n) is 1.70. The molecule has 0 atom stereocenters. The van der Waals surface area contributed by atoms with Crippen LogP contribution in [0.2, 0.25) is 0 Å². The van der Waals surface area contributed by atoms with Gasteiger partial charge in [-0.3, -0.25) is 9.78 Å². The van der Waals surface area contributed by atoms with E-state index in [9.17, 15) is 4.79 Å². The summed E-state index contributed by atoms with van der Waals surface area (Å²) in [6, 6.07) is 3.80. The first-order chi connectivity index (χ1) is 7.72. The van der Waals surface area contributed by atoms with E-state index in [1.807, 2.05) is 26.0 Å². The largest absolute Gasteiger partial charge is 0.313 e. The van der Waals surface area contributed by atoms with E-state index in [1.54, 1.807) is 6.20 Å². The average molecular weight is 215 g/mol. The molecule has 0 radical (unpaired) electrons. The summed E-state index contributed by atoms with van der Waals surface area (Å²) in [6.45, 7) is 3.87. The van der Waals surface area contributed by atoms with Gasteiger partial charge in [0.1, 0.15) is 0 Å². The van der Waals surface area contributed by atoms with Crippen LogP contribution in [0, 0.1) is 6.92 Å². The summed E-state index contributed by atoms with van der Waals surface area (Å²) < 4.78 is 0. The second kappa shape index (κ2) is 4.26. The third-order valence-corrected chi connectivity index (χ3v) is 2.47. The van der Waals surface area contributed by atoms with Gasteiger partial charge in [-0.2, -0.15) is 0 Å². The molecule has 0 bridgehead atoms. The fourth-order valence-corrected chi connectivity index (χ4v) is 1.70. The molecule has 82 valence electrons. The maximum absolute atomic E-state index is 11.6. The van der Waals surface area contributed by atoms with E-state index in [0.717, 1.165) is 17.0 Å². The summed E-state index contributed by atoms with van der Waals surface area (Å²) in [5, 5.41) is 0. The van der Waals surface area contributed by atoms with Crippen LogP contribution in [0.1, 0.15) is 18.2 Å². The molecule has 0 spiro atoms. The van der Waals surface area contributed by atoms with Crippen molar-refractivity contribution in [3.8, 4) is 11.3 Å². The van der Waals surface area contributed by atoms with Gasteiger partial charge in [-0.1, -0.05) is 6.92 Å². The summed E-state index contributed by atoms with van der Waals surface area (Å²) in [7, 11) is 0. The summed E-state index contributed by atoms with van der Waals surface area (Å²) in [6.07, 6.45) is 3.83. The topological polar surface area (TPSA) is 58.6 Å². The molecule has 0 aliphatic carbocycles. The second-order valence-corrected chi connectivity index (χ2v) is 3.60. The third kappa shape index (κ3) is 1.86. The minimum absolute atomic E-state index is 0.0676. The van der Waals surface area contributed by atoms with Gasteiger partial charge in [0, 0.05) is 23.0 Å². The Kier molecular flexibility index (Phi) is 2.81. The lowest BCUT2D eigenvalue weighted by Gasteiger charge is -2.05. The molecule has 1 N–H and O–H groups in total. The highest BCUT2D eigenvalue weighted by Crippen LogP contribution is 2.18. The maximum Gasteiger partial charge on any atom is 0.254 e. The van der Waals surface area contributed by atoms with Gasteiger partial charge in [0.25, 0.3) is 5.56 Å². The van der Waals surface area contributed by atoms with Crippen molar-refractivity contribution in [2.45, 2.75) is 20.3 Å². The number of rotatable bonds is 2. The third-order valence-electron chi connectivity index (χ3n) is 2.47. The predicted molar refractivity (Wildman–Crippen MR) is 62.2 cm³/mol. The van der Waals surface area contributed by atoms with Crippen molar-refractivity contribution < 1.29 is 0 Å².